The quantitative estimate of drug-likeness (QED) is 0.105. The summed E-state index contributed by atoms with van der Waals surface area (Å²) in [4.78, 5) is 25.6. The van der Waals surface area contributed by atoms with E-state index in [9.17, 15) is 9.59 Å². The SMILES string of the molecule is O=Cc1cc(OCc2ccccc2)cc(OCc2ccccc2)c1-c1c(C=O)cc(OCc2ccccc2)cc1OCc1ccccc1. The first-order chi connectivity index (χ1) is 23.7. The maximum absolute atomic E-state index is 12.8. The molecular formula is C42H34O6. The average Bonchev–Trinajstić information content (AvgIpc) is 3.15. The van der Waals surface area contributed by atoms with Gasteiger partial charge < -0.3 is 18.9 Å². The molecule has 0 aromatic heterocycles. The minimum atomic E-state index is 0.225. The maximum atomic E-state index is 12.8. The Morgan fingerprint density at radius 3 is 0.958 bits per heavy atom. The van der Waals surface area contributed by atoms with Gasteiger partial charge in [0.2, 0.25) is 0 Å². The summed E-state index contributed by atoms with van der Waals surface area (Å²) < 4.78 is 25.1. The van der Waals surface area contributed by atoms with Gasteiger partial charge in [0.25, 0.3) is 0 Å². The van der Waals surface area contributed by atoms with Gasteiger partial charge in [-0.1, -0.05) is 121 Å². The first-order valence-corrected chi connectivity index (χ1v) is 15.6. The van der Waals surface area contributed by atoms with E-state index in [2.05, 4.69) is 0 Å². The fraction of sp³-hybridized carbons (Fsp3) is 0.0952. The molecule has 0 aliphatic heterocycles. The molecule has 0 atom stereocenters. The first-order valence-electron chi connectivity index (χ1n) is 15.6. The van der Waals surface area contributed by atoms with E-state index in [1.165, 1.54) is 0 Å². The van der Waals surface area contributed by atoms with Crippen LogP contribution >= 0.6 is 0 Å². The Kier molecular flexibility index (Phi) is 10.6. The Morgan fingerprint density at radius 2 is 0.667 bits per heavy atom. The zero-order valence-electron chi connectivity index (χ0n) is 26.3. The molecule has 0 saturated heterocycles. The Morgan fingerprint density at radius 1 is 0.375 bits per heavy atom. The molecule has 0 spiro atoms. The van der Waals surface area contributed by atoms with Crippen LogP contribution in [0.5, 0.6) is 23.0 Å². The van der Waals surface area contributed by atoms with Crippen molar-refractivity contribution in [3.63, 3.8) is 0 Å². The maximum Gasteiger partial charge on any atom is 0.150 e. The van der Waals surface area contributed by atoms with Gasteiger partial charge >= 0.3 is 0 Å². The lowest BCUT2D eigenvalue weighted by atomic mass is 9.93. The molecule has 238 valence electrons. The third-order valence-corrected chi connectivity index (χ3v) is 7.69. The second-order valence-electron chi connectivity index (χ2n) is 11.1. The molecule has 0 fully saturated rings. The first kappa shape index (κ1) is 31.8. The van der Waals surface area contributed by atoms with Gasteiger partial charge in [0.15, 0.2) is 12.6 Å². The molecule has 0 aliphatic carbocycles. The molecule has 0 radical (unpaired) electrons. The average molecular weight is 635 g/mol. The van der Waals surface area contributed by atoms with Gasteiger partial charge in [0.05, 0.1) is 0 Å². The Labute approximate surface area is 280 Å². The third-order valence-electron chi connectivity index (χ3n) is 7.69. The summed E-state index contributed by atoms with van der Waals surface area (Å²) >= 11 is 0. The third kappa shape index (κ3) is 8.17. The molecule has 0 amide bonds. The van der Waals surface area contributed by atoms with Crippen LogP contribution in [0.15, 0.2) is 146 Å². The molecule has 0 unspecified atom stereocenters. The summed E-state index contributed by atoms with van der Waals surface area (Å²) in [6, 6.07) is 45.8. The van der Waals surface area contributed by atoms with Gasteiger partial charge in [-0.2, -0.15) is 0 Å². The van der Waals surface area contributed by atoms with Gasteiger partial charge in [-0.05, 0) is 34.4 Å². The van der Waals surface area contributed by atoms with Crippen LogP contribution in [0.3, 0.4) is 0 Å². The van der Waals surface area contributed by atoms with Crippen molar-refractivity contribution in [3.8, 4) is 34.1 Å². The highest BCUT2D eigenvalue weighted by Gasteiger charge is 2.24. The van der Waals surface area contributed by atoms with Crippen LogP contribution in [0, 0.1) is 0 Å². The van der Waals surface area contributed by atoms with Gasteiger partial charge in [0.1, 0.15) is 49.4 Å². The second-order valence-corrected chi connectivity index (χ2v) is 11.1. The number of benzene rings is 6. The lowest BCUT2D eigenvalue weighted by Crippen LogP contribution is -2.06. The molecule has 6 nitrogen and oxygen atoms in total. The van der Waals surface area contributed by atoms with Crippen molar-refractivity contribution in [1.82, 2.24) is 0 Å². The smallest absolute Gasteiger partial charge is 0.150 e. The van der Waals surface area contributed by atoms with Crippen molar-refractivity contribution in [2.45, 2.75) is 26.4 Å². The fourth-order valence-corrected chi connectivity index (χ4v) is 5.29. The highest BCUT2D eigenvalue weighted by molar-refractivity contribution is 6.00. The van der Waals surface area contributed by atoms with Crippen LogP contribution in [0.25, 0.3) is 11.1 Å². The molecule has 0 saturated carbocycles. The number of carbonyl (C=O) groups excluding carboxylic acids is 2. The number of ether oxygens (including phenoxy) is 4. The minimum absolute atomic E-state index is 0.225. The lowest BCUT2D eigenvalue weighted by Gasteiger charge is -2.21. The zero-order chi connectivity index (χ0) is 33.0. The summed E-state index contributed by atoms with van der Waals surface area (Å²) in [7, 11) is 0. The van der Waals surface area contributed by atoms with Crippen LogP contribution in [-0.2, 0) is 26.4 Å². The predicted molar refractivity (Wildman–Crippen MR) is 186 cm³/mol. The molecule has 0 aliphatic rings. The van der Waals surface area contributed by atoms with Crippen LogP contribution in [0.1, 0.15) is 43.0 Å². The molecule has 0 heterocycles. The summed E-state index contributed by atoms with van der Waals surface area (Å²) in [5.41, 5.74) is 5.25. The van der Waals surface area contributed by atoms with E-state index < -0.39 is 0 Å². The van der Waals surface area contributed by atoms with E-state index in [4.69, 9.17) is 18.9 Å². The monoisotopic (exact) mass is 634 g/mol. The molecule has 48 heavy (non-hydrogen) atoms. The van der Waals surface area contributed by atoms with Crippen molar-refractivity contribution >= 4 is 12.6 Å². The molecule has 0 N–H and O–H groups in total. The van der Waals surface area contributed by atoms with Gasteiger partial charge in [-0.25, -0.2) is 0 Å². The van der Waals surface area contributed by atoms with Crippen molar-refractivity contribution in [3.05, 3.63) is 179 Å². The standard InChI is InChI=1S/C42H34O6/c43-25-35-21-37(45-27-31-13-5-1-6-14-31)23-39(47-29-33-17-9-3-10-18-33)41(35)42-36(26-44)22-38(46-28-32-15-7-2-8-16-32)24-40(42)48-30-34-19-11-4-12-20-34/h1-26H,27-30H2. The molecular weight excluding hydrogens is 600 g/mol. The van der Waals surface area contributed by atoms with Crippen LogP contribution in [0.4, 0.5) is 0 Å². The van der Waals surface area contributed by atoms with E-state index in [0.717, 1.165) is 34.8 Å². The van der Waals surface area contributed by atoms with Gasteiger partial charge in [-0.3, -0.25) is 9.59 Å². The van der Waals surface area contributed by atoms with Crippen molar-refractivity contribution < 1.29 is 28.5 Å². The Hall–Kier alpha value is -6.14. The molecule has 6 aromatic rings. The lowest BCUT2D eigenvalue weighted by molar-refractivity contribution is 0.111. The number of hydrogen-bond acceptors (Lipinski definition) is 6. The Bertz CT molecular complexity index is 1800. The highest BCUT2D eigenvalue weighted by Crippen LogP contribution is 2.45. The summed E-state index contributed by atoms with van der Waals surface area (Å²) in [5.74, 6) is 1.65. The van der Waals surface area contributed by atoms with Crippen LogP contribution in [-0.4, -0.2) is 12.6 Å². The molecule has 6 rings (SSSR count). The zero-order valence-corrected chi connectivity index (χ0v) is 26.3. The van der Waals surface area contributed by atoms with E-state index in [-0.39, 0.29) is 24.3 Å². The van der Waals surface area contributed by atoms with Gasteiger partial charge in [0, 0.05) is 34.4 Å². The topological polar surface area (TPSA) is 71.1 Å². The van der Waals surface area contributed by atoms with E-state index in [1.807, 2.05) is 121 Å². The van der Waals surface area contributed by atoms with Crippen LogP contribution < -0.4 is 18.9 Å². The van der Waals surface area contributed by atoms with Crippen molar-refractivity contribution in [2.75, 3.05) is 0 Å². The number of rotatable bonds is 15. The van der Waals surface area contributed by atoms with Crippen LogP contribution in [0.2, 0.25) is 0 Å². The fourth-order valence-electron chi connectivity index (χ4n) is 5.29. The second kappa shape index (κ2) is 15.9. The minimum Gasteiger partial charge on any atom is -0.489 e. The number of hydrogen-bond donors (Lipinski definition) is 0. The molecule has 6 aromatic carbocycles. The predicted octanol–water partition coefficient (Wildman–Crippen LogP) is 9.29. The summed E-state index contributed by atoms with van der Waals surface area (Å²) in [6.07, 6.45) is 1.49. The largest absolute Gasteiger partial charge is 0.489 e. The Balaban J connectivity index is 1.44. The highest BCUT2D eigenvalue weighted by atomic mass is 16.5. The van der Waals surface area contributed by atoms with Gasteiger partial charge in [-0.15, -0.1) is 0 Å². The normalized spacial score (nSPS) is 10.6. The summed E-state index contributed by atoms with van der Waals surface area (Å²) in [6.45, 7) is 1.05. The van der Waals surface area contributed by atoms with E-state index in [0.29, 0.717) is 47.3 Å². The number of carbonyl (C=O) groups is 2. The molecule has 0 bridgehead atoms. The van der Waals surface area contributed by atoms with Crippen molar-refractivity contribution in [2.24, 2.45) is 0 Å². The van der Waals surface area contributed by atoms with E-state index >= 15 is 0 Å². The summed E-state index contributed by atoms with van der Waals surface area (Å²) in [5, 5.41) is 0. The van der Waals surface area contributed by atoms with Crippen molar-refractivity contribution in [1.29, 1.82) is 0 Å². The molecule has 6 heteroatoms. The number of aldehydes is 2. The van der Waals surface area contributed by atoms with E-state index in [1.54, 1.807) is 24.3 Å².